The molecule has 1 atom stereocenters. The Morgan fingerprint density at radius 3 is 3.00 bits per heavy atom. The molecule has 1 aromatic heterocycles. The highest BCUT2D eigenvalue weighted by molar-refractivity contribution is 4.94. The Hall–Kier alpha value is -0.870. The molecule has 0 aliphatic heterocycles. The van der Waals surface area contributed by atoms with E-state index in [1.165, 1.54) is 0 Å². The summed E-state index contributed by atoms with van der Waals surface area (Å²) in [7, 11) is 0. The van der Waals surface area contributed by atoms with Gasteiger partial charge in [-0.05, 0) is 20.3 Å². The van der Waals surface area contributed by atoms with Gasteiger partial charge in [0.05, 0.1) is 0 Å². The summed E-state index contributed by atoms with van der Waals surface area (Å²) in [6.45, 7) is 6.56. The first-order valence-electron chi connectivity index (χ1n) is 5.61. The largest absolute Gasteiger partial charge is 0.382 e. The molecule has 0 bridgehead atoms. The zero-order chi connectivity index (χ0) is 11.1. The van der Waals surface area contributed by atoms with Crippen LogP contribution in [0.2, 0.25) is 0 Å². The van der Waals surface area contributed by atoms with Crippen LogP contribution in [-0.2, 0) is 17.7 Å². The average molecular weight is 211 g/mol. The Labute approximate surface area is 91.4 Å². The lowest BCUT2D eigenvalue weighted by Gasteiger charge is -2.12. The number of rotatable bonds is 7. The molecule has 0 radical (unpaired) electrons. The summed E-state index contributed by atoms with van der Waals surface area (Å²) in [5.41, 5.74) is 6.00. The van der Waals surface area contributed by atoms with Crippen LogP contribution in [-0.4, -0.2) is 28.8 Å². The van der Waals surface area contributed by atoms with Gasteiger partial charge < -0.3 is 15.0 Å². The lowest BCUT2D eigenvalue weighted by molar-refractivity contribution is 0.139. The minimum atomic E-state index is 0.143. The van der Waals surface area contributed by atoms with Gasteiger partial charge in [-0.1, -0.05) is 0 Å². The summed E-state index contributed by atoms with van der Waals surface area (Å²) >= 11 is 0. The van der Waals surface area contributed by atoms with Gasteiger partial charge in [0.25, 0.3) is 0 Å². The maximum absolute atomic E-state index is 6.00. The number of nitrogens with two attached hydrogens (primary N) is 1. The quantitative estimate of drug-likeness (QED) is 0.689. The predicted octanol–water partition coefficient (Wildman–Crippen LogP) is 1.20. The van der Waals surface area contributed by atoms with Crippen LogP contribution in [0.1, 0.15) is 26.1 Å². The molecule has 0 aliphatic rings. The number of hydrogen-bond donors (Lipinski definition) is 1. The van der Waals surface area contributed by atoms with Gasteiger partial charge in [0, 0.05) is 44.6 Å². The van der Waals surface area contributed by atoms with Crippen molar-refractivity contribution in [3.63, 3.8) is 0 Å². The summed E-state index contributed by atoms with van der Waals surface area (Å²) < 4.78 is 7.40. The zero-order valence-electron chi connectivity index (χ0n) is 9.65. The lowest BCUT2D eigenvalue weighted by Crippen LogP contribution is -2.26. The second kappa shape index (κ2) is 6.58. The first-order chi connectivity index (χ1) is 7.27. The van der Waals surface area contributed by atoms with E-state index in [1.54, 1.807) is 0 Å². The third-order valence-corrected chi connectivity index (χ3v) is 2.42. The standard InChI is InChI=1S/C11H21N3O/c1-3-14-7-6-13-11(14)9-10(12)5-8-15-4-2/h6-7,10H,3-5,8-9,12H2,1-2H3. The molecule has 0 spiro atoms. The monoisotopic (exact) mass is 211 g/mol. The molecule has 1 heterocycles. The highest BCUT2D eigenvalue weighted by Gasteiger charge is 2.08. The fraction of sp³-hybridized carbons (Fsp3) is 0.727. The van der Waals surface area contributed by atoms with Crippen molar-refractivity contribution in [2.45, 2.75) is 39.3 Å². The van der Waals surface area contributed by atoms with E-state index in [4.69, 9.17) is 10.5 Å². The van der Waals surface area contributed by atoms with Crippen molar-refractivity contribution in [2.24, 2.45) is 5.73 Å². The molecule has 0 saturated carbocycles. The molecule has 2 N–H and O–H groups in total. The van der Waals surface area contributed by atoms with Gasteiger partial charge in [-0.25, -0.2) is 4.98 Å². The van der Waals surface area contributed by atoms with E-state index in [-0.39, 0.29) is 6.04 Å². The smallest absolute Gasteiger partial charge is 0.110 e. The highest BCUT2D eigenvalue weighted by Crippen LogP contribution is 2.03. The molecule has 15 heavy (non-hydrogen) atoms. The summed E-state index contributed by atoms with van der Waals surface area (Å²) in [6.07, 6.45) is 5.54. The summed E-state index contributed by atoms with van der Waals surface area (Å²) in [5, 5.41) is 0. The molecule has 1 aromatic rings. The van der Waals surface area contributed by atoms with Gasteiger partial charge in [-0.2, -0.15) is 0 Å². The lowest BCUT2D eigenvalue weighted by atomic mass is 10.1. The van der Waals surface area contributed by atoms with Gasteiger partial charge in [0.1, 0.15) is 5.82 Å². The van der Waals surface area contributed by atoms with Gasteiger partial charge in [0.2, 0.25) is 0 Å². The molecular weight excluding hydrogens is 190 g/mol. The van der Waals surface area contributed by atoms with Crippen LogP contribution in [0, 0.1) is 0 Å². The molecule has 0 aromatic carbocycles. The first kappa shape index (κ1) is 12.2. The number of ether oxygens (including phenoxy) is 1. The van der Waals surface area contributed by atoms with E-state index in [9.17, 15) is 0 Å². The Balaban J connectivity index is 2.33. The van der Waals surface area contributed by atoms with E-state index in [0.717, 1.165) is 38.4 Å². The molecule has 0 fully saturated rings. The van der Waals surface area contributed by atoms with Crippen molar-refractivity contribution in [1.29, 1.82) is 0 Å². The van der Waals surface area contributed by atoms with Crippen molar-refractivity contribution in [3.8, 4) is 0 Å². The van der Waals surface area contributed by atoms with Gasteiger partial charge in [-0.3, -0.25) is 0 Å². The minimum Gasteiger partial charge on any atom is -0.382 e. The van der Waals surface area contributed by atoms with Crippen molar-refractivity contribution < 1.29 is 4.74 Å². The molecule has 86 valence electrons. The first-order valence-corrected chi connectivity index (χ1v) is 5.61. The van der Waals surface area contributed by atoms with Crippen molar-refractivity contribution in [3.05, 3.63) is 18.2 Å². The van der Waals surface area contributed by atoms with Crippen LogP contribution < -0.4 is 5.73 Å². The van der Waals surface area contributed by atoms with Gasteiger partial charge in [0.15, 0.2) is 0 Å². The molecule has 1 unspecified atom stereocenters. The maximum atomic E-state index is 6.00. The number of imidazole rings is 1. The molecule has 1 rings (SSSR count). The minimum absolute atomic E-state index is 0.143. The molecule has 4 nitrogen and oxygen atoms in total. The second-order valence-corrected chi connectivity index (χ2v) is 3.58. The average Bonchev–Trinajstić information content (AvgIpc) is 2.65. The number of aromatic nitrogens is 2. The highest BCUT2D eigenvalue weighted by atomic mass is 16.5. The second-order valence-electron chi connectivity index (χ2n) is 3.58. The fourth-order valence-corrected chi connectivity index (χ4v) is 1.53. The Bertz CT molecular complexity index is 273. The van der Waals surface area contributed by atoms with E-state index < -0.39 is 0 Å². The van der Waals surface area contributed by atoms with E-state index in [2.05, 4.69) is 16.5 Å². The van der Waals surface area contributed by atoms with Crippen LogP contribution >= 0.6 is 0 Å². The van der Waals surface area contributed by atoms with Crippen LogP contribution in [0.4, 0.5) is 0 Å². The summed E-state index contributed by atoms with van der Waals surface area (Å²) in [5.74, 6) is 1.07. The zero-order valence-corrected chi connectivity index (χ0v) is 9.65. The van der Waals surface area contributed by atoms with Crippen molar-refractivity contribution in [2.75, 3.05) is 13.2 Å². The molecule has 0 amide bonds. The summed E-state index contributed by atoms with van der Waals surface area (Å²) in [6, 6.07) is 0.143. The number of nitrogens with zero attached hydrogens (tertiary/aromatic N) is 2. The fourth-order valence-electron chi connectivity index (χ4n) is 1.53. The Morgan fingerprint density at radius 2 is 2.33 bits per heavy atom. The van der Waals surface area contributed by atoms with E-state index >= 15 is 0 Å². The normalized spacial score (nSPS) is 13.0. The Morgan fingerprint density at radius 1 is 1.53 bits per heavy atom. The molecular formula is C11H21N3O. The third kappa shape index (κ3) is 4.01. The van der Waals surface area contributed by atoms with Gasteiger partial charge >= 0.3 is 0 Å². The molecule has 0 saturated heterocycles. The van der Waals surface area contributed by atoms with Crippen molar-refractivity contribution >= 4 is 0 Å². The number of hydrogen-bond acceptors (Lipinski definition) is 3. The third-order valence-electron chi connectivity index (χ3n) is 2.42. The van der Waals surface area contributed by atoms with Crippen LogP contribution in [0.3, 0.4) is 0 Å². The SMILES string of the molecule is CCOCCC(N)Cc1nccn1CC. The van der Waals surface area contributed by atoms with Crippen LogP contribution in [0.25, 0.3) is 0 Å². The maximum Gasteiger partial charge on any atom is 0.110 e. The van der Waals surface area contributed by atoms with E-state index in [1.807, 2.05) is 19.3 Å². The van der Waals surface area contributed by atoms with Gasteiger partial charge in [-0.15, -0.1) is 0 Å². The topological polar surface area (TPSA) is 53.1 Å². The predicted molar refractivity (Wildman–Crippen MR) is 60.7 cm³/mol. The van der Waals surface area contributed by atoms with Crippen LogP contribution in [0.15, 0.2) is 12.4 Å². The Kier molecular flexibility index (Phi) is 5.36. The van der Waals surface area contributed by atoms with Crippen LogP contribution in [0.5, 0.6) is 0 Å². The molecule has 4 heteroatoms. The molecule has 0 aliphatic carbocycles. The number of aryl methyl sites for hydroxylation is 1. The van der Waals surface area contributed by atoms with E-state index in [0.29, 0.717) is 0 Å². The van der Waals surface area contributed by atoms with Crippen molar-refractivity contribution in [1.82, 2.24) is 9.55 Å². The summed E-state index contributed by atoms with van der Waals surface area (Å²) in [4.78, 5) is 4.30.